The highest BCUT2D eigenvalue weighted by Gasteiger charge is 2.29. The average Bonchev–Trinajstić information content (AvgIpc) is 3.24. The van der Waals surface area contributed by atoms with Crippen molar-refractivity contribution < 1.29 is 36.6 Å². The Morgan fingerprint density at radius 2 is 1.87 bits per heavy atom. The van der Waals surface area contributed by atoms with E-state index in [1.54, 1.807) is 18.2 Å². The van der Waals surface area contributed by atoms with Crippen LogP contribution in [0.5, 0.6) is 17.2 Å². The fourth-order valence-electron chi connectivity index (χ4n) is 2.76. The minimum atomic E-state index is -4.49. The highest BCUT2D eigenvalue weighted by molar-refractivity contribution is 5.96. The van der Waals surface area contributed by atoms with Gasteiger partial charge in [0, 0.05) is 24.6 Å². The van der Waals surface area contributed by atoms with Crippen molar-refractivity contribution in [3.05, 3.63) is 54.2 Å². The quantitative estimate of drug-likeness (QED) is 0.457. The molecule has 3 rings (SSSR count). The molecule has 7 nitrogen and oxygen atoms in total. The van der Waals surface area contributed by atoms with Gasteiger partial charge in [0.15, 0.2) is 23.9 Å². The number of hydrogen-bond acceptors (Lipinski definition) is 7. The number of aryl methyl sites for hydroxylation is 1. The number of pyridine rings is 1. The number of carbonyl (C=O) groups is 1. The first kappa shape index (κ1) is 22.1. The summed E-state index contributed by atoms with van der Waals surface area (Å²) in [5, 5.41) is 0. The lowest BCUT2D eigenvalue weighted by atomic mass is 10.1. The molecule has 0 N–H and O–H groups in total. The topological polar surface area (TPSA) is 83.7 Å². The van der Waals surface area contributed by atoms with E-state index in [2.05, 4.69) is 9.97 Å². The van der Waals surface area contributed by atoms with Crippen LogP contribution >= 0.6 is 0 Å². The lowest BCUT2D eigenvalue weighted by molar-refractivity contribution is -0.153. The summed E-state index contributed by atoms with van der Waals surface area (Å²) < 4.78 is 57.9. The molecule has 0 saturated carbocycles. The maximum absolute atomic E-state index is 12.5. The van der Waals surface area contributed by atoms with E-state index in [-0.39, 0.29) is 41.7 Å². The molecule has 0 aliphatic heterocycles. The minimum absolute atomic E-state index is 0.0884. The molecule has 164 valence electrons. The molecule has 2 aromatic heterocycles. The summed E-state index contributed by atoms with van der Waals surface area (Å²) in [6, 6.07) is 7.71. The number of halogens is 3. The molecule has 0 fully saturated rings. The molecule has 31 heavy (non-hydrogen) atoms. The number of ketones is 1. The first-order valence-corrected chi connectivity index (χ1v) is 9.15. The first-order chi connectivity index (χ1) is 14.8. The van der Waals surface area contributed by atoms with E-state index < -0.39 is 12.8 Å². The van der Waals surface area contributed by atoms with Crippen LogP contribution in [0.3, 0.4) is 0 Å². The summed E-state index contributed by atoms with van der Waals surface area (Å²) in [5.41, 5.74) is 1.14. The Hall–Kier alpha value is -3.56. The summed E-state index contributed by atoms with van der Waals surface area (Å²) in [4.78, 5) is 20.8. The van der Waals surface area contributed by atoms with Gasteiger partial charge in [-0.3, -0.25) is 4.79 Å². The fourth-order valence-corrected chi connectivity index (χ4v) is 2.76. The van der Waals surface area contributed by atoms with Gasteiger partial charge in [0.2, 0.25) is 5.89 Å². The first-order valence-electron chi connectivity index (χ1n) is 9.15. The number of rotatable bonds is 9. The van der Waals surface area contributed by atoms with E-state index in [0.29, 0.717) is 17.0 Å². The van der Waals surface area contributed by atoms with Crippen molar-refractivity contribution in [2.24, 2.45) is 0 Å². The highest BCUT2D eigenvalue weighted by Crippen LogP contribution is 2.33. The number of oxazole rings is 1. The van der Waals surface area contributed by atoms with Gasteiger partial charge in [0.05, 0.1) is 19.9 Å². The monoisotopic (exact) mass is 436 g/mol. The zero-order chi connectivity index (χ0) is 22.4. The standard InChI is InChI=1S/C21H19F3N2O5/c1-28-16-8-5-13(10-18(16)31-12-21(22,23)24)20-26-14(11-30-20)6-7-15(27)19-17(29-2)4-3-9-25-19/h3-5,8-11H,6-7,12H2,1-2H3. The predicted molar refractivity (Wildman–Crippen MR) is 103 cm³/mol. The molecular formula is C21H19F3N2O5. The predicted octanol–water partition coefficient (Wildman–Crippen LogP) is 4.51. The maximum atomic E-state index is 12.5. The normalized spacial score (nSPS) is 11.3. The summed E-state index contributed by atoms with van der Waals surface area (Å²) in [6.07, 6.45) is -1.18. The van der Waals surface area contributed by atoms with Gasteiger partial charge >= 0.3 is 6.18 Å². The van der Waals surface area contributed by atoms with Gasteiger partial charge in [-0.05, 0) is 30.3 Å². The zero-order valence-electron chi connectivity index (χ0n) is 16.7. The van der Waals surface area contributed by atoms with Gasteiger partial charge < -0.3 is 18.6 Å². The van der Waals surface area contributed by atoms with E-state index in [4.69, 9.17) is 18.6 Å². The molecule has 0 saturated heterocycles. The number of carbonyl (C=O) groups excluding carboxylic acids is 1. The third-order valence-electron chi connectivity index (χ3n) is 4.22. The minimum Gasteiger partial charge on any atom is -0.494 e. The molecule has 0 unspecified atom stereocenters. The molecular weight excluding hydrogens is 417 g/mol. The summed E-state index contributed by atoms with van der Waals surface area (Å²) >= 11 is 0. The molecule has 0 spiro atoms. The van der Waals surface area contributed by atoms with Crippen LogP contribution in [0.15, 0.2) is 47.2 Å². The Labute approximate surface area is 175 Å². The van der Waals surface area contributed by atoms with Crippen molar-refractivity contribution in [2.45, 2.75) is 19.0 Å². The molecule has 0 aliphatic rings. The Balaban J connectivity index is 1.71. The van der Waals surface area contributed by atoms with Gasteiger partial charge in [0.25, 0.3) is 0 Å². The van der Waals surface area contributed by atoms with Crippen molar-refractivity contribution >= 4 is 5.78 Å². The number of nitrogens with zero attached hydrogens (tertiary/aromatic N) is 2. The van der Waals surface area contributed by atoms with Crippen molar-refractivity contribution in [3.8, 4) is 28.7 Å². The number of aromatic nitrogens is 2. The van der Waals surface area contributed by atoms with E-state index in [1.165, 1.54) is 38.8 Å². The lowest BCUT2D eigenvalue weighted by Crippen LogP contribution is -2.19. The van der Waals surface area contributed by atoms with Crippen LogP contribution in [-0.2, 0) is 6.42 Å². The number of ether oxygens (including phenoxy) is 3. The molecule has 0 atom stereocenters. The Morgan fingerprint density at radius 1 is 1.10 bits per heavy atom. The Morgan fingerprint density at radius 3 is 2.58 bits per heavy atom. The molecule has 1 aromatic carbocycles. The SMILES string of the molecule is COc1ccc(-c2nc(CCC(=O)c3ncccc3OC)co2)cc1OCC(F)(F)F. The van der Waals surface area contributed by atoms with Gasteiger partial charge in [-0.2, -0.15) is 13.2 Å². The zero-order valence-corrected chi connectivity index (χ0v) is 16.7. The molecule has 0 aliphatic carbocycles. The van der Waals surface area contributed by atoms with E-state index >= 15 is 0 Å². The lowest BCUT2D eigenvalue weighted by Gasteiger charge is -2.13. The number of hydrogen-bond donors (Lipinski definition) is 0. The van der Waals surface area contributed by atoms with E-state index in [0.717, 1.165) is 0 Å². The second kappa shape index (κ2) is 9.50. The van der Waals surface area contributed by atoms with Crippen molar-refractivity contribution in [3.63, 3.8) is 0 Å². The number of Topliss-reactive ketones (excluding diaryl/α,β-unsaturated/α-hetero) is 1. The molecule has 10 heteroatoms. The molecule has 0 bridgehead atoms. The van der Waals surface area contributed by atoms with Crippen LogP contribution < -0.4 is 14.2 Å². The van der Waals surface area contributed by atoms with E-state index in [1.807, 2.05) is 0 Å². The van der Waals surface area contributed by atoms with Gasteiger partial charge in [0.1, 0.15) is 17.7 Å². The summed E-state index contributed by atoms with van der Waals surface area (Å²) in [7, 11) is 2.78. The molecule has 0 radical (unpaired) electrons. The molecule has 3 aromatic rings. The van der Waals surface area contributed by atoms with Crippen LogP contribution in [0, 0.1) is 0 Å². The molecule has 2 heterocycles. The third kappa shape index (κ3) is 5.74. The molecule has 0 amide bonds. The second-order valence-corrected chi connectivity index (χ2v) is 6.39. The van der Waals surface area contributed by atoms with Crippen LogP contribution in [0.1, 0.15) is 22.6 Å². The van der Waals surface area contributed by atoms with Crippen molar-refractivity contribution in [1.82, 2.24) is 9.97 Å². The van der Waals surface area contributed by atoms with Crippen LogP contribution in [0.4, 0.5) is 13.2 Å². The Bertz CT molecular complexity index is 1050. The highest BCUT2D eigenvalue weighted by atomic mass is 19.4. The van der Waals surface area contributed by atoms with Gasteiger partial charge in [-0.15, -0.1) is 0 Å². The van der Waals surface area contributed by atoms with E-state index in [9.17, 15) is 18.0 Å². The Kier molecular flexibility index (Phi) is 6.78. The average molecular weight is 436 g/mol. The third-order valence-corrected chi connectivity index (χ3v) is 4.22. The largest absolute Gasteiger partial charge is 0.494 e. The number of methoxy groups -OCH3 is 2. The summed E-state index contributed by atoms with van der Waals surface area (Å²) in [6.45, 7) is -1.46. The maximum Gasteiger partial charge on any atom is 0.422 e. The smallest absolute Gasteiger partial charge is 0.422 e. The van der Waals surface area contributed by atoms with Crippen LogP contribution in [0.2, 0.25) is 0 Å². The van der Waals surface area contributed by atoms with Crippen LogP contribution in [-0.4, -0.2) is 42.8 Å². The van der Waals surface area contributed by atoms with Gasteiger partial charge in [-0.1, -0.05) is 0 Å². The van der Waals surface area contributed by atoms with Gasteiger partial charge in [-0.25, -0.2) is 9.97 Å². The van der Waals surface area contributed by atoms with Crippen LogP contribution in [0.25, 0.3) is 11.5 Å². The second-order valence-electron chi connectivity index (χ2n) is 6.39. The van der Waals surface area contributed by atoms with Crippen molar-refractivity contribution in [2.75, 3.05) is 20.8 Å². The summed E-state index contributed by atoms with van der Waals surface area (Å²) in [5.74, 6) is 0.411. The number of benzene rings is 1. The number of alkyl halides is 3. The fraction of sp³-hybridized carbons (Fsp3) is 0.286. The van der Waals surface area contributed by atoms with Crippen molar-refractivity contribution in [1.29, 1.82) is 0 Å².